The lowest BCUT2D eigenvalue weighted by Crippen LogP contribution is -2.03. The van der Waals surface area contributed by atoms with Crippen molar-refractivity contribution >= 4 is 27.5 Å². The van der Waals surface area contributed by atoms with Gasteiger partial charge in [0.1, 0.15) is 11.6 Å². The van der Waals surface area contributed by atoms with E-state index in [0.717, 1.165) is 15.8 Å². The van der Waals surface area contributed by atoms with Crippen molar-refractivity contribution in [3.63, 3.8) is 0 Å². The molecule has 0 bridgehead atoms. The first-order chi connectivity index (χ1) is 9.51. The Hall–Kier alpha value is -1.10. The van der Waals surface area contributed by atoms with E-state index in [9.17, 15) is 9.50 Å². The third-order valence-corrected chi connectivity index (χ3v) is 3.91. The second-order valence-corrected chi connectivity index (χ2v) is 5.62. The van der Waals surface area contributed by atoms with Gasteiger partial charge in [0.05, 0.1) is 17.7 Å². The van der Waals surface area contributed by atoms with Crippen LogP contribution in [0.4, 0.5) is 4.39 Å². The minimum absolute atomic E-state index is 0.227. The number of aliphatic hydroxyl groups is 1. The largest absolute Gasteiger partial charge is 0.496 e. The minimum Gasteiger partial charge on any atom is -0.496 e. The van der Waals surface area contributed by atoms with Gasteiger partial charge in [-0.05, 0) is 51.3 Å². The number of hydrogen-bond acceptors (Lipinski definition) is 2. The molecule has 0 aliphatic rings. The Morgan fingerprint density at radius 1 is 1.30 bits per heavy atom. The van der Waals surface area contributed by atoms with Crippen LogP contribution in [-0.2, 0) is 6.42 Å². The summed E-state index contributed by atoms with van der Waals surface area (Å²) < 4.78 is 19.0. The third-order valence-electron chi connectivity index (χ3n) is 2.97. The Bertz CT molecular complexity index is 619. The zero-order valence-corrected chi connectivity index (χ0v) is 13.1. The third kappa shape index (κ3) is 3.51. The number of halogens is 3. The second kappa shape index (κ2) is 6.57. The van der Waals surface area contributed by atoms with E-state index in [1.54, 1.807) is 7.11 Å². The molecule has 0 heterocycles. The van der Waals surface area contributed by atoms with Crippen molar-refractivity contribution in [2.24, 2.45) is 0 Å². The zero-order valence-electron chi connectivity index (χ0n) is 10.7. The first kappa shape index (κ1) is 15.3. The number of ether oxygens (including phenoxy) is 1. The van der Waals surface area contributed by atoms with Gasteiger partial charge in [-0.15, -0.1) is 0 Å². The molecule has 106 valence electrons. The lowest BCUT2D eigenvalue weighted by atomic mass is 10.0. The molecule has 2 aromatic rings. The molecular formula is C15H13BrClFO2. The molecule has 0 aromatic heterocycles. The van der Waals surface area contributed by atoms with Gasteiger partial charge in [0.25, 0.3) is 0 Å². The summed E-state index contributed by atoms with van der Waals surface area (Å²) in [5, 5.41) is 10.4. The summed E-state index contributed by atoms with van der Waals surface area (Å²) in [4.78, 5) is 0. The Kier molecular flexibility index (Phi) is 5.02. The van der Waals surface area contributed by atoms with E-state index in [-0.39, 0.29) is 5.02 Å². The molecule has 0 saturated heterocycles. The van der Waals surface area contributed by atoms with Crippen LogP contribution in [0.25, 0.3) is 0 Å². The van der Waals surface area contributed by atoms with Gasteiger partial charge >= 0.3 is 0 Å². The van der Waals surface area contributed by atoms with Crippen molar-refractivity contribution in [3.05, 3.63) is 62.8 Å². The molecule has 2 aromatic carbocycles. The van der Waals surface area contributed by atoms with E-state index in [0.29, 0.717) is 12.0 Å². The summed E-state index contributed by atoms with van der Waals surface area (Å²) in [5.74, 6) is 0.307. The van der Waals surface area contributed by atoms with E-state index >= 15 is 0 Å². The van der Waals surface area contributed by atoms with Crippen LogP contribution in [0.1, 0.15) is 17.2 Å². The maximum absolute atomic E-state index is 13.0. The number of aliphatic hydroxyl groups excluding tert-OH is 1. The van der Waals surface area contributed by atoms with Crippen LogP contribution in [0.3, 0.4) is 0 Å². The van der Waals surface area contributed by atoms with Crippen molar-refractivity contribution in [2.75, 3.05) is 7.11 Å². The first-order valence-electron chi connectivity index (χ1n) is 5.96. The van der Waals surface area contributed by atoms with E-state index in [1.165, 1.54) is 18.2 Å². The first-order valence-corrected chi connectivity index (χ1v) is 7.14. The van der Waals surface area contributed by atoms with Crippen LogP contribution in [0, 0.1) is 5.82 Å². The van der Waals surface area contributed by atoms with E-state index < -0.39 is 11.9 Å². The molecule has 1 N–H and O–H groups in total. The van der Waals surface area contributed by atoms with Crippen LogP contribution >= 0.6 is 27.5 Å². The van der Waals surface area contributed by atoms with Crippen molar-refractivity contribution in [3.8, 4) is 5.75 Å². The molecule has 0 fully saturated rings. The highest BCUT2D eigenvalue weighted by Crippen LogP contribution is 2.30. The van der Waals surface area contributed by atoms with Gasteiger partial charge in [0.2, 0.25) is 0 Å². The molecule has 0 spiro atoms. The highest BCUT2D eigenvalue weighted by Gasteiger charge is 2.14. The minimum atomic E-state index is -0.789. The van der Waals surface area contributed by atoms with Gasteiger partial charge in [0.15, 0.2) is 0 Å². The van der Waals surface area contributed by atoms with Gasteiger partial charge in [-0.1, -0.05) is 23.7 Å². The standard InChI is InChI=1S/C15H13BrClFO2/c1-20-15-5-2-9(6-12(15)16)7-14(19)11-4-3-10(18)8-13(11)17/h2-6,8,14,19H,7H2,1H3. The Labute approximate surface area is 130 Å². The molecule has 0 amide bonds. The molecule has 0 aliphatic heterocycles. The molecule has 2 nitrogen and oxygen atoms in total. The van der Waals surface area contributed by atoms with E-state index in [2.05, 4.69) is 15.9 Å². The Morgan fingerprint density at radius 3 is 2.65 bits per heavy atom. The normalized spacial score (nSPS) is 12.2. The number of hydrogen-bond donors (Lipinski definition) is 1. The van der Waals surface area contributed by atoms with Crippen molar-refractivity contribution < 1.29 is 14.2 Å². The lowest BCUT2D eigenvalue weighted by molar-refractivity contribution is 0.178. The second-order valence-electron chi connectivity index (χ2n) is 4.35. The number of rotatable bonds is 4. The smallest absolute Gasteiger partial charge is 0.133 e. The van der Waals surface area contributed by atoms with E-state index in [4.69, 9.17) is 16.3 Å². The van der Waals surface area contributed by atoms with Gasteiger partial charge in [0, 0.05) is 11.4 Å². The Balaban J connectivity index is 2.18. The number of benzene rings is 2. The molecule has 0 radical (unpaired) electrons. The summed E-state index contributed by atoms with van der Waals surface area (Å²) >= 11 is 9.34. The van der Waals surface area contributed by atoms with Crippen molar-refractivity contribution in [1.29, 1.82) is 0 Å². The van der Waals surface area contributed by atoms with Crippen LogP contribution in [-0.4, -0.2) is 12.2 Å². The highest BCUT2D eigenvalue weighted by molar-refractivity contribution is 9.10. The summed E-state index contributed by atoms with van der Waals surface area (Å²) in [6.07, 6.45) is -0.406. The highest BCUT2D eigenvalue weighted by atomic mass is 79.9. The summed E-state index contributed by atoms with van der Waals surface area (Å²) in [6, 6.07) is 9.54. The fourth-order valence-electron chi connectivity index (χ4n) is 1.94. The van der Waals surface area contributed by atoms with Gasteiger partial charge in [-0.25, -0.2) is 4.39 Å². The molecule has 1 atom stereocenters. The monoisotopic (exact) mass is 358 g/mol. The van der Waals surface area contributed by atoms with E-state index in [1.807, 2.05) is 18.2 Å². The molecule has 0 saturated carbocycles. The fraction of sp³-hybridized carbons (Fsp3) is 0.200. The lowest BCUT2D eigenvalue weighted by Gasteiger charge is -2.14. The van der Waals surface area contributed by atoms with Gasteiger partial charge in [-0.3, -0.25) is 0 Å². The maximum Gasteiger partial charge on any atom is 0.133 e. The van der Waals surface area contributed by atoms with Crippen LogP contribution in [0.5, 0.6) is 5.75 Å². The van der Waals surface area contributed by atoms with Crippen LogP contribution in [0.2, 0.25) is 5.02 Å². The van der Waals surface area contributed by atoms with Crippen molar-refractivity contribution in [2.45, 2.75) is 12.5 Å². The fourth-order valence-corrected chi connectivity index (χ4v) is 2.82. The molecule has 2 rings (SSSR count). The molecular weight excluding hydrogens is 347 g/mol. The van der Waals surface area contributed by atoms with Gasteiger partial charge in [-0.2, -0.15) is 0 Å². The van der Waals surface area contributed by atoms with Gasteiger partial charge < -0.3 is 9.84 Å². The predicted molar refractivity (Wildman–Crippen MR) is 80.8 cm³/mol. The Morgan fingerprint density at radius 2 is 2.05 bits per heavy atom. The summed E-state index contributed by atoms with van der Waals surface area (Å²) in [5.41, 5.74) is 1.44. The SMILES string of the molecule is COc1ccc(CC(O)c2ccc(F)cc2Cl)cc1Br. The predicted octanol–water partition coefficient (Wildman–Crippen LogP) is 4.53. The van der Waals surface area contributed by atoms with Crippen LogP contribution < -0.4 is 4.74 Å². The summed E-state index contributed by atoms with van der Waals surface area (Å²) in [7, 11) is 1.59. The average Bonchev–Trinajstić information content (AvgIpc) is 2.38. The van der Waals surface area contributed by atoms with Crippen LogP contribution in [0.15, 0.2) is 40.9 Å². The molecule has 0 aliphatic carbocycles. The van der Waals surface area contributed by atoms with Crippen molar-refractivity contribution in [1.82, 2.24) is 0 Å². The summed E-state index contributed by atoms with van der Waals surface area (Å²) in [6.45, 7) is 0. The molecule has 20 heavy (non-hydrogen) atoms. The quantitative estimate of drug-likeness (QED) is 0.869. The topological polar surface area (TPSA) is 29.5 Å². The molecule has 1 unspecified atom stereocenters. The maximum atomic E-state index is 13.0. The molecule has 5 heteroatoms. The number of methoxy groups -OCH3 is 1. The zero-order chi connectivity index (χ0) is 14.7. The average molecular weight is 360 g/mol.